The van der Waals surface area contributed by atoms with Crippen molar-refractivity contribution in [3.05, 3.63) is 69.3 Å². The smallest absolute Gasteiger partial charge is 0.198 e. The largest absolute Gasteiger partial charge is 0.454 e. The van der Waals surface area contributed by atoms with Gasteiger partial charge in [0, 0.05) is 11.6 Å². The molecule has 0 amide bonds. The van der Waals surface area contributed by atoms with E-state index in [9.17, 15) is 4.79 Å². The van der Waals surface area contributed by atoms with Crippen molar-refractivity contribution < 1.29 is 4.42 Å². The van der Waals surface area contributed by atoms with Gasteiger partial charge in [0.1, 0.15) is 5.76 Å². The second kappa shape index (κ2) is 6.53. The maximum absolute atomic E-state index is 12.7. The fraction of sp³-hybridized carbons (Fsp3) is 0.118. The predicted octanol–water partition coefficient (Wildman–Crippen LogP) is 4.55. The summed E-state index contributed by atoms with van der Waals surface area (Å²) in [7, 11) is 0. The average molecular weight is 336 g/mol. The lowest BCUT2D eigenvalue weighted by Crippen LogP contribution is -2.19. The predicted molar refractivity (Wildman–Crippen MR) is 92.8 cm³/mol. The molecule has 2 N–H and O–H groups in total. The van der Waals surface area contributed by atoms with E-state index in [0.717, 1.165) is 5.56 Å². The molecule has 1 atom stereocenters. The number of fused-ring (bicyclic) bond motifs is 1. The lowest BCUT2D eigenvalue weighted by molar-refractivity contribution is 0.600. The molecule has 1 heterocycles. The fourth-order valence-corrected chi connectivity index (χ4v) is 2.63. The first-order chi connectivity index (χ1) is 10.1. The van der Waals surface area contributed by atoms with Crippen molar-refractivity contribution in [2.24, 2.45) is 5.73 Å². The highest BCUT2D eigenvalue weighted by Crippen LogP contribution is 2.31. The number of benzene rings is 2. The summed E-state index contributed by atoms with van der Waals surface area (Å²) in [5.74, 6) is 0.483. The van der Waals surface area contributed by atoms with Crippen LogP contribution in [-0.4, -0.2) is 0 Å². The minimum absolute atomic E-state index is 0. The van der Waals surface area contributed by atoms with E-state index in [2.05, 4.69) is 0 Å². The molecule has 5 heteroatoms. The Hall–Kier alpha value is -1.81. The Balaban J connectivity index is 0.00000176. The summed E-state index contributed by atoms with van der Waals surface area (Å²) in [6.45, 7) is 1.77. The molecule has 0 aliphatic carbocycles. The molecule has 114 valence electrons. The molecule has 0 aliphatic heterocycles. The molecule has 0 fully saturated rings. The van der Waals surface area contributed by atoms with Crippen molar-refractivity contribution in [3.8, 4) is 11.3 Å². The summed E-state index contributed by atoms with van der Waals surface area (Å²) in [6, 6.07) is 14.1. The molecule has 0 saturated heterocycles. The molecule has 0 radical (unpaired) electrons. The van der Waals surface area contributed by atoms with E-state index in [1.54, 1.807) is 25.1 Å². The van der Waals surface area contributed by atoms with Gasteiger partial charge in [-0.15, -0.1) is 12.4 Å². The van der Waals surface area contributed by atoms with Crippen LogP contribution in [0.25, 0.3) is 22.3 Å². The Kier molecular flexibility index (Phi) is 4.91. The molecule has 3 aromatic rings. The molecular formula is C17H15Cl2NO2. The maximum atomic E-state index is 12.7. The molecule has 22 heavy (non-hydrogen) atoms. The van der Waals surface area contributed by atoms with Crippen LogP contribution in [-0.2, 0) is 0 Å². The topological polar surface area (TPSA) is 56.2 Å². The molecule has 0 spiro atoms. The van der Waals surface area contributed by atoms with Gasteiger partial charge in [0.2, 0.25) is 0 Å². The van der Waals surface area contributed by atoms with Crippen molar-refractivity contribution in [3.63, 3.8) is 0 Å². The van der Waals surface area contributed by atoms with E-state index in [1.165, 1.54) is 0 Å². The van der Waals surface area contributed by atoms with Gasteiger partial charge in [-0.2, -0.15) is 0 Å². The molecule has 1 aromatic heterocycles. The van der Waals surface area contributed by atoms with Gasteiger partial charge in [-0.3, -0.25) is 4.79 Å². The molecule has 0 bridgehead atoms. The van der Waals surface area contributed by atoms with Gasteiger partial charge in [-0.1, -0.05) is 48.0 Å². The Morgan fingerprint density at radius 3 is 2.41 bits per heavy atom. The third kappa shape index (κ3) is 2.75. The van der Waals surface area contributed by atoms with E-state index in [0.29, 0.717) is 27.3 Å². The summed E-state index contributed by atoms with van der Waals surface area (Å²) in [5, 5.41) is 0.868. The van der Waals surface area contributed by atoms with Gasteiger partial charge >= 0.3 is 0 Å². The summed E-state index contributed by atoms with van der Waals surface area (Å²) in [5.41, 5.74) is 7.53. The van der Waals surface area contributed by atoms with Crippen LogP contribution in [0, 0.1) is 0 Å². The zero-order valence-electron chi connectivity index (χ0n) is 11.9. The minimum Gasteiger partial charge on any atom is -0.454 e. The van der Waals surface area contributed by atoms with Crippen LogP contribution in [0.5, 0.6) is 0 Å². The van der Waals surface area contributed by atoms with E-state index >= 15 is 0 Å². The Morgan fingerprint density at radius 2 is 1.77 bits per heavy atom. The lowest BCUT2D eigenvalue weighted by Gasteiger charge is -2.13. The monoisotopic (exact) mass is 335 g/mol. The van der Waals surface area contributed by atoms with Crippen LogP contribution < -0.4 is 11.2 Å². The number of rotatable bonds is 2. The Morgan fingerprint density at radius 1 is 1.09 bits per heavy atom. The Labute approximate surface area is 139 Å². The highest BCUT2D eigenvalue weighted by Gasteiger charge is 2.19. The number of hydrogen-bond acceptors (Lipinski definition) is 3. The number of para-hydroxylation sites is 1. The highest BCUT2D eigenvalue weighted by molar-refractivity contribution is 6.34. The van der Waals surface area contributed by atoms with E-state index in [-0.39, 0.29) is 17.8 Å². The van der Waals surface area contributed by atoms with Gasteiger partial charge in [0.05, 0.1) is 16.0 Å². The van der Waals surface area contributed by atoms with Gasteiger partial charge in [0.25, 0.3) is 0 Å². The van der Waals surface area contributed by atoms with E-state index in [1.807, 2.05) is 30.3 Å². The van der Waals surface area contributed by atoms with Crippen molar-refractivity contribution in [1.82, 2.24) is 0 Å². The molecule has 3 nitrogen and oxygen atoms in total. The van der Waals surface area contributed by atoms with Crippen LogP contribution in [0.4, 0.5) is 0 Å². The Bertz CT molecular complexity index is 858. The zero-order chi connectivity index (χ0) is 15.0. The number of nitrogens with two attached hydrogens (primary N) is 1. The molecule has 0 saturated carbocycles. The second-order valence-electron chi connectivity index (χ2n) is 4.95. The van der Waals surface area contributed by atoms with Crippen LogP contribution >= 0.6 is 24.0 Å². The summed E-state index contributed by atoms with van der Waals surface area (Å²) in [6.07, 6.45) is 0. The highest BCUT2D eigenvalue weighted by atomic mass is 35.5. The van der Waals surface area contributed by atoms with Crippen molar-refractivity contribution in [2.45, 2.75) is 13.0 Å². The first kappa shape index (κ1) is 16.6. The lowest BCUT2D eigenvalue weighted by atomic mass is 10.0. The minimum atomic E-state index is -0.431. The summed E-state index contributed by atoms with van der Waals surface area (Å²) >= 11 is 6.16. The van der Waals surface area contributed by atoms with Crippen molar-refractivity contribution >= 4 is 35.0 Å². The van der Waals surface area contributed by atoms with Gasteiger partial charge in [-0.05, 0) is 19.1 Å². The standard InChI is InChI=1S/C17H14ClNO2.ClH/c1-10(19)14-15(20)12-8-5-9-13(18)17(12)21-16(14)11-6-3-2-4-7-11;/h2-10H,19H2,1H3;1H. The van der Waals surface area contributed by atoms with Crippen LogP contribution in [0.15, 0.2) is 57.7 Å². The molecule has 3 rings (SSSR count). The zero-order valence-corrected chi connectivity index (χ0v) is 13.4. The van der Waals surface area contributed by atoms with Gasteiger partial charge < -0.3 is 10.2 Å². The normalized spacial score (nSPS) is 12.0. The first-order valence-corrected chi connectivity index (χ1v) is 7.03. The second-order valence-corrected chi connectivity index (χ2v) is 5.35. The van der Waals surface area contributed by atoms with Crippen molar-refractivity contribution in [1.29, 1.82) is 0 Å². The first-order valence-electron chi connectivity index (χ1n) is 6.66. The van der Waals surface area contributed by atoms with Crippen LogP contribution in [0.2, 0.25) is 5.02 Å². The van der Waals surface area contributed by atoms with Crippen LogP contribution in [0.3, 0.4) is 0 Å². The van der Waals surface area contributed by atoms with Gasteiger partial charge in [-0.25, -0.2) is 0 Å². The van der Waals surface area contributed by atoms with Gasteiger partial charge in [0.15, 0.2) is 11.0 Å². The van der Waals surface area contributed by atoms with E-state index < -0.39 is 6.04 Å². The molecular weight excluding hydrogens is 321 g/mol. The SMILES string of the molecule is CC(N)c1c(-c2ccccc2)oc2c(Cl)cccc2c1=O.Cl. The average Bonchev–Trinajstić information content (AvgIpc) is 2.48. The summed E-state index contributed by atoms with van der Waals surface area (Å²) in [4.78, 5) is 12.7. The molecule has 0 aliphatic rings. The van der Waals surface area contributed by atoms with E-state index in [4.69, 9.17) is 21.8 Å². The number of halogens is 2. The quantitative estimate of drug-likeness (QED) is 0.747. The third-order valence-corrected chi connectivity index (χ3v) is 3.69. The van der Waals surface area contributed by atoms with Crippen molar-refractivity contribution in [2.75, 3.05) is 0 Å². The summed E-state index contributed by atoms with van der Waals surface area (Å²) < 4.78 is 5.94. The third-order valence-electron chi connectivity index (χ3n) is 3.40. The fourth-order valence-electron chi connectivity index (χ4n) is 2.41. The molecule has 1 unspecified atom stereocenters. The van der Waals surface area contributed by atoms with Crippen LogP contribution in [0.1, 0.15) is 18.5 Å². The maximum Gasteiger partial charge on any atom is 0.198 e. The number of hydrogen-bond donors (Lipinski definition) is 1. The molecule has 2 aromatic carbocycles.